The molecule has 0 amide bonds. The number of aromatic amines is 1. The summed E-state index contributed by atoms with van der Waals surface area (Å²) < 4.78 is 4.77. The second-order valence-electron chi connectivity index (χ2n) is 8.81. The monoisotopic (exact) mass is 484 g/mol. The van der Waals surface area contributed by atoms with E-state index in [9.17, 15) is 9.59 Å². The van der Waals surface area contributed by atoms with Crippen LogP contribution in [0.15, 0.2) is 58.1 Å². The molecule has 0 aliphatic carbocycles. The van der Waals surface area contributed by atoms with Gasteiger partial charge in [0, 0.05) is 32.1 Å². The van der Waals surface area contributed by atoms with Gasteiger partial charge in [-0.15, -0.1) is 10.2 Å². The Balaban J connectivity index is 1.57. The SMILES string of the molecule is CCCc1nc2c(c(=O)n(C)c(=O)n2CCC)n1Cc1ccc(-c2ccccc2-c2nn[nH]n2)cc1. The van der Waals surface area contributed by atoms with E-state index in [-0.39, 0.29) is 11.2 Å². The van der Waals surface area contributed by atoms with Crippen LogP contribution in [0.4, 0.5) is 0 Å². The molecule has 0 radical (unpaired) electrons. The molecule has 0 saturated carbocycles. The summed E-state index contributed by atoms with van der Waals surface area (Å²) in [4.78, 5) is 30.7. The first-order valence-electron chi connectivity index (χ1n) is 12.1. The average molecular weight is 485 g/mol. The van der Waals surface area contributed by atoms with E-state index in [0.717, 1.165) is 40.9 Å². The quantitative estimate of drug-likeness (QED) is 0.362. The number of nitrogens with one attached hydrogen (secondary N) is 1. The zero-order valence-corrected chi connectivity index (χ0v) is 20.6. The Morgan fingerprint density at radius 1 is 0.917 bits per heavy atom. The van der Waals surface area contributed by atoms with E-state index >= 15 is 0 Å². The third-order valence-corrected chi connectivity index (χ3v) is 6.35. The fourth-order valence-electron chi connectivity index (χ4n) is 4.59. The number of H-pyrrole nitrogens is 1. The number of tetrazole rings is 1. The van der Waals surface area contributed by atoms with Crippen LogP contribution in [-0.4, -0.2) is 39.3 Å². The number of imidazole rings is 1. The standard InChI is InChI=1S/C26H28N8O2/c1-4-8-21-27-24-22(25(35)32(3)26(36)33(24)15-5-2)34(21)16-17-11-13-18(14-12-17)19-9-6-7-10-20(19)23-28-30-31-29-23/h6-7,9-14H,4-5,8,15-16H2,1-3H3,(H,28,29,30,31). The van der Waals surface area contributed by atoms with Crippen molar-refractivity contribution in [2.24, 2.45) is 7.05 Å². The highest BCUT2D eigenvalue weighted by molar-refractivity contribution is 5.80. The summed E-state index contributed by atoms with van der Waals surface area (Å²) in [5.74, 6) is 1.35. The van der Waals surface area contributed by atoms with E-state index in [1.165, 1.54) is 11.6 Å². The number of fused-ring (bicyclic) bond motifs is 1. The minimum absolute atomic E-state index is 0.317. The number of nitrogens with zero attached hydrogens (tertiary/aromatic N) is 7. The van der Waals surface area contributed by atoms with Gasteiger partial charge in [-0.1, -0.05) is 62.4 Å². The minimum Gasteiger partial charge on any atom is -0.318 e. The summed E-state index contributed by atoms with van der Waals surface area (Å²) in [7, 11) is 1.53. The molecule has 10 heteroatoms. The van der Waals surface area contributed by atoms with Crippen LogP contribution in [0.2, 0.25) is 0 Å². The second kappa shape index (κ2) is 9.73. The van der Waals surface area contributed by atoms with E-state index in [0.29, 0.717) is 36.5 Å². The van der Waals surface area contributed by atoms with Gasteiger partial charge in [-0.25, -0.2) is 9.78 Å². The van der Waals surface area contributed by atoms with Crippen molar-refractivity contribution >= 4 is 11.2 Å². The smallest absolute Gasteiger partial charge is 0.318 e. The van der Waals surface area contributed by atoms with Crippen LogP contribution in [0, 0.1) is 0 Å². The summed E-state index contributed by atoms with van der Waals surface area (Å²) >= 11 is 0. The summed E-state index contributed by atoms with van der Waals surface area (Å²) in [5.41, 5.74) is 4.25. The van der Waals surface area contributed by atoms with Crippen molar-refractivity contribution in [3.05, 3.63) is 80.8 Å². The first kappa shape index (κ1) is 23.4. The largest absolute Gasteiger partial charge is 0.332 e. The van der Waals surface area contributed by atoms with E-state index < -0.39 is 0 Å². The van der Waals surface area contributed by atoms with Crippen molar-refractivity contribution in [3.63, 3.8) is 0 Å². The first-order valence-corrected chi connectivity index (χ1v) is 12.1. The normalized spacial score (nSPS) is 11.4. The molecule has 0 atom stereocenters. The van der Waals surface area contributed by atoms with Crippen molar-refractivity contribution in [2.75, 3.05) is 0 Å². The molecule has 2 aromatic carbocycles. The van der Waals surface area contributed by atoms with E-state index in [1.807, 2.05) is 35.8 Å². The lowest BCUT2D eigenvalue weighted by atomic mass is 9.98. The lowest BCUT2D eigenvalue weighted by molar-refractivity contribution is 0.609. The molecule has 0 saturated heterocycles. The van der Waals surface area contributed by atoms with Crippen molar-refractivity contribution in [2.45, 2.75) is 46.2 Å². The Labute approximate surface area is 207 Å². The van der Waals surface area contributed by atoms with Gasteiger partial charge < -0.3 is 4.57 Å². The molecule has 1 N–H and O–H groups in total. The fraction of sp³-hybridized carbons (Fsp3) is 0.308. The maximum absolute atomic E-state index is 13.2. The van der Waals surface area contributed by atoms with Gasteiger partial charge in [0.05, 0.1) is 0 Å². The predicted octanol–water partition coefficient (Wildman–Crippen LogP) is 3.15. The highest BCUT2D eigenvalue weighted by Crippen LogP contribution is 2.30. The molecule has 0 unspecified atom stereocenters. The van der Waals surface area contributed by atoms with Gasteiger partial charge in [-0.2, -0.15) is 5.21 Å². The zero-order valence-electron chi connectivity index (χ0n) is 20.6. The highest BCUT2D eigenvalue weighted by Gasteiger charge is 2.20. The molecular weight excluding hydrogens is 456 g/mol. The molecule has 0 fully saturated rings. The Morgan fingerprint density at radius 3 is 2.33 bits per heavy atom. The number of hydrogen-bond donors (Lipinski definition) is 1. The molecular formula is C26H28N8O2. The Kier molecular flexibility index (Phi) is 6.32. The van der Waals surface area contributed by atoms with Gasteiger partial charge in [0.15, 0.2) is 11.2 Å². The number of hydrogen-bond acceptors (Lipinski definition) is 6. The number of aryl methyl sites for hydroxylation is 2. The summed E-state index contributed by atoms with van der Waals surface area (Å²) in [5, 5.41) is 14.4. The molecule has 36 heavy (non-hydrogen) atoms. The molecule has 5 aromatic rings. The number of rotatable bonds is 8. The summed E-state index contributed by atoms with van der Waals surface area (Å²) in [6.07, 6.45) is 2.37. The van der Waals surface area contributed by atoms with Crippen LogP contribution >= 0.6 is 0 Å². The maximum Gasteiger partial charge on any atom is 0.332 e. The maximum atomic E-state index is 13.2. The molecule has 0 spiro atoms. The van der Waals surface area contributed by atoms with E-state index in [2.05, 4.69) is 51.8 Å². The van der Waals surface area contributed by atoms with Crippen LogP contribution in [0.1, 0.15) is 38.1 Å². The van der Waals surface area contributed by atoms with Crippen molar-refractivity contribution in [3.8, 4) is 22.5 Å². The Hall–Kier alpha value is -4.34. The molecule has 3 aromatic heterocycles. The predicted molar refractivity (Wildman–Crippen MR) is 138 cm³/mol. The van der Waals surface area contributed by atoms with Crippen molar-refractivity contribution < 1.29 is 0 Å². The summed E-state index contributed by atoms with van der Waals surface area (Å²) in [6, 6.07) is 16.1. The van der Waals surface area contributed by atoms with E-state index in [4.69, 9.17) is 4.98 Å². The molecule has 10 nitrogen and oxygen atoms in total. The fourth-order valence-corrected chi connectivity index (χ4v) is 4.59. The van der Waals surface area contributed by atoms with Gasteiger partial charge >= 0.3 is 5.69 Å². The average Bonchev–Trinajstić information content (AvgIpc) is 3.55. The molecule has 184 valence electrons. The Bertz CT molecular complexity index is 1630. The van der Waals surface area contributed by atoms with E-state index in [1.54, 1.807) is 4.57 Å². The van der Waals surface area contributed by atoms with Gasteiger partial charge in [-0.05, 0) is 34.7 Å². The molecule has 5 rings (SSSR count). The van der Waals surface area contributed by atoms with Crippen LogP contribution in [-0.2, 0) is 26.6 Å². The highest BCUT2D eigenvalue weighted by atomic mass is 16.2. The third kappa shape index (κ3) is 4.04. The lowest BCUT2D eigenvalue weighted by Gasteiger charge is -2.12. The van der Waals surface area contributed by atoms with Crippen LogP contribution in [0.25, 0.3) is 33.7 Å². The zero-order chi connectivity index (χ0) is 25.2. The topological polar surface area (TPSA) is 116 Å². The van der Waals surface area contributed by atoms with Crippen LogP contribution < -0.4 is 11.2 Å². The van der Waals surface area contributed by atoms with Crippen LogP contribution in [0.3, 0.4) is 0 Å². The van der Waals surface area contributed by atoms with Gasteiger partial charge in [0.1, 0.15) is 5.82 Å². The van der Waals surface area contributed by atoms with Gasteiger partial charge in [0.2, 0.25) is 5.82 Å². The summed E-state index contributed by atoms with van der Waals surface area (Å²) in [6.45, 7) is 5.08. The van der Waals surface area contributed by atoms with Gasteiger partial charge in [0.25, 0.3) is 5.56 Å². The van der Waals surface area contributed by atoms with Crippen LogP contribution in [0.5, 0.6) is 0 Å². The lowest BCUT2D eigenvalue weighted by Crippen LogP contribution is -2.38. The second-order valence-corrected chi connectivity index (χ2v) is 8.81. The first-order chi connectivity index (χ1) is 17.5. The van der Waals surface area contributed by atoms with Crippen molar-refractivity contribution in [1.82, 2.24) is 39.3 Å². The minimum atomic E-state index is -0.327. The molecule has 0 aliphatic heterocycles. The molecule has 0 bridgehead atoms. The number of benzene rings is 2. The molecule has 3 heterocycles. The van der Waals surface area contributed by atoms with Crippen molar-refractivity contribution in [1.29, 1.82) is 0 Å². The third-order valence-electron chi connectivity index (χ3n) is 6.35. The van der Waals surface area contributed by atoms with Gasteiger partial charge in [-0.3, -0.25) is 13.9 Å². The molecule has 0 aliphatic rings. The Morgan fingerprint density at radius 2 is 1.67 bits per heavy atom. The number of aromatic nitrogens is 8.